The molecule has 9 nitrogen and oxygen atoms in total. The standard InChI is InChI=1S/C35H33ClF2N6O3/c1-20(2)34-40-39-31-19-42(15-16-43(31)34)28-8-4-5-24-23(28)13-14-44(33(24)29(45)17-21-9-11-22(37)12-10-21)35(46)30-18-27(41-47-30)25-6-3-7-26(36)32(25)38/h3-12,20,30,33H,13-19H2,1-2H3/t30-,33+/m1/s1. The molecule has 47 heavy (non-hydrogen) atoms. The van der Waals surface area contributed by atoms with Crippen molar-refractivity contribution >= 4 is 34.7 Å². The van der Waals surface area contributed by atoms with Crippen LogP contribution in [0.25, 0.3) is 0 Å². The van der Waals surface area contributed by atoms with Crippen molar-refractivity contribution in [3.05, 3.63) is 111 Å². The van der Waals surface area contributed by atoms with Crippen molar-refractivity contribution in [2.45, 2.75) is 64.3 Å². The van der Waals surface area contributed by atoms with E-state index in [0.717, 1.165) is 41.6 Å². The van der Waals surface area contributed by atoms with Crippen LogP contribution in [-0.4, -0.2) is 56.3 Å². The zero-order valence-corrected chi connectivity index (χ0v) is 26.8. The number of benzene rings is 3. The lowest BCUT2D eigenvalue weighted by molar-refractivity contribution is -0.149. The number of rotatable bonds is 7. The monoisotopic (exact) mass is 658 g/mol. The second-order valence-electron chi connectivity index (χ2n) is 12.4. The SMILES string of the molecule is CC(C)c1nnc2n1CCN(c1cccc3c1CCN(C(=O)[C@H]1CC(c4cccc(Cl)c4F)=NO1)[C@@H]3C(=O)Cc1ccc(F)cc1)C2. The molecule has 3 aromatic carbocycles. The van der Waals surface area contributed by atoms with Gasteiger partial charge in [-0.1, -0.05) is 60.9 Å². The normalized spacial score (nSPS) is 18.9. The Bertz CT molecular complexity index is 1890. The molecule has 4 heterocycles. The van der Waals surface area contributed by atoms with Gasteiger partial charge in [0.1, 0.15) is 17.7 Å². The number of oxime groups is 1. The first-order chi connectivity index (χ1) is 22.7. The van der Waals surface area contributed by atoms with Gasteiger partial charge >= 0.3 is 0 Å². The van der Waals surface area contributed by atoms with E-state index >= 15 is 0 Å². The zero-order chi connectivity index (χ0) is 32.8. The number of amides is 1. The summed E-state index contributed by atoms with van der Waals surface area (Å²) in [7, 11) is 0. The van der Waals surface area contributed by atoms with Crippen LogP contribution in [-0.2, 0) is 40.4 Å². The van der Waals surface area contributed by atoms with Crippen LogP contribution >= 0.6 is 11.6 Å². The molecule has 12 heteroatoms. The summed E-state index contributed by atoms with van der Waals surface area (Å²) < 4.78 is 30.6. The fraction of sp³-hybridized carbons (Fsp3) is 0.343. The third-order valence-electron chi connectivity index (χ3n) is 9.12. The van der Waals surface area contributed by atoms with E-state index in [1.165, 1.54) is 24.3 Å². The Morgan fingerprint density at radius 2 is 1.79 bits per heavy atom. The number of carbonyl (C=O) groups is 2. The van der Waals surface area contributed by atoms with E-state index in [4.69, 9.17) is 16.4 Å². The predicted molar refractivity (Wildman–Crippen MR) is 172 cm³/mol. The van der Waals surface area contributed by atoms with Gasteiger partial charge in [-0.3, -0.25) is 9.59 Å². The highest BCUT2D eigenvalue weighted by Gasteiger charge is 2.42. The molecule has 0 N–H and O–H groups in total. The molecule has 1 amide bonds. The highest BCUT2D eigenvalue weighted by Crippen LogP contribution is 2.39. The maximum Gasteiger partial charge on any atom is 0.267 e. The van der Waals surface area contributed by atoms with Crippen molar-refractivity contribution in [2.75, 3.05) is 18.0 Å². The van der Waals surface area contributed by atoms with Crippen LogP contribution in [0.5, 0.6) is 0 Å². The van der Waals surface area contributed by atoms with Gasteiger partial charge in [-0.15, -0.1) is 10.2 Å². The molecule has 0 saturated heterocycles. The largest absolute Gasteiger partial charge is 0.382 e. The molecule has 2 atom stereocenters. The first-order valence-electron chi connectivity index (χ1n) is 15.7. The van der Waals surface area contributed by atoms with Gasteiger partial charge < -0.3 is 19.2 Å². The molecule has 0 spiro atoms. The van der Waals surface area contributed by atoms with Crippen LogP contribution < -0.4 is 4.90 Å². The van der Waals surface area contributed by atoms with Gasteiger partial charge in [0, 0.05) is 49.6 Å². The van der Waals surface area contributed by atoms with Gasteiger partial charge in [0.15, 0.2) is 17.4 Å². The lowest BCUT2D eigenvalue weighted by Crippen LogP contribution is -2.48. The van der Waals surface area contributed by atoms with E-state index in [0.29, 0.717) is 18.5 Å². The molecular weight excluding hydrogens is 626 g/mol. The molecule has 0 saturated carbocycles. The Morgan fingerprint density at radius 1 is 1.00 bits per heavy atom. The third-order valence-corrected chi connectivity index (χ3v) is 9.41. The summed E-state index contributed by atoms with van der Waals surface area (Å²) in [5.41, 5.74) is 3.82. The maximum atomic E-state index is 14.8. The Kier molecular flexibility index (Phi) is 8.25. The lowest BCUT2D eigenvalue weighted by atomic mass is 9.86. The van der Waals surface area contributed by atoms with Gasteiger partial charge in [-0.05, 0) is 53.4 Å². The minimum absolute atomic E-state index is 0.00416. The van der Waals surface area contributed by atoms with Crippen LogP contribution in [0.15, 0.2) is 65.8 Å². The van der Waals surface area contributed by atoms with Crippen LogP contribution in [0, 0.1) is 11.6 Å². The smallest absolute Gasteiger partial charge is 0.267 e. The van der Waals surface area contributed by atoms with E-state index in [1.54, 1.807) is 23.1 Å². The summed E-state index contributed by atoms with van der Waals surface area (Å²) in [6.45, 7) is 6.53. The average molecular weight is 659 g/mol. The quantitative estimate of drug-likeness (QED) is 0.250. The maximum absolute atomic E-state index is 14.8. The lowest BCUT2D eigenvalue weighted by Gasteiger charge is -2.40. The van der Waals surface area contributed by atoms with Crippen LogP contribution in [0.1, 0.15) is 66.1 Å². The fourth-order valence-corrected chi connectivity index (χ4v) is 7.00. The molecule has 0 fully saturated rings. The predicted octanol–water partition coefficient (Wildman–Crippen LogP) is 5.78. The van der Waals surface area contributed by atoms with E-state index in [2.05, 4.69) is 38.7 Å². The average Bonchev–Trinajstić information content (AvgIpc) is 3.74. The zero-order valence-electron chi connectivity index (χ0n) is 26.0. The second-order valence-corrected chi connectivity index (χ2v) is 12.8. The first kappa shape index (κ1) is 31.0. The molecule has 242 valence electrons. The van der Waals surface area contributed by atoms with E-state index in [9.17, 15) is 18.4 Å². The molecule has 3 aliphatic rings. The second kappa shape index (κ2) is 12.5. The first-order valence-corrected chi connectivity index (χ1v) is 16.1. The van der Waals surface area contributed by atoms with Gasteiger partial charge in [0.05, 0.1) is 17.3 Å². The molecule has 4 aromatic rings. The summed E-state index contributed by atoms with van der Waals surface area (Å²) in [4.78, 5) is 37.7. The highest BCUT2D eigenvalue weighted by molar-refractivity contribution is 6.31. The van der Waals surface area contributed by atoms with Crippen molar-refractivity contribution in [3.8, 4) is 0 Å². The number of ketones is 1. The summed E-state index contributed by atoms with van der Waals surface area (Å²) in [5.74, 6) is 0.476. The molecule has 0 radical (unpaired) electrons. The fourth-order valence-electron chi connectivity index (χ4n) is 6.82. The van der Waals surface area contributed by atoms with Gasteiger partial charge in [-0.2, -0.15) is 0 Å². The number of hydrogen-bond donors (Lipinski definition) is 0. The summed E-state index contributed by atoms with van der Waals surface area (Å²) >= 11 is 5.98. The molecule has 0 unspecified atom stereocenters. The van der Waals surface area contributed by atoms with Gasteiger partial charge in [0.25, 0.3) is 5.91 Å². The molecule has 7 rings (SSSR count). The van der Waals surface area contributed by atoms with Crippen molar-refractivity contribution in [2.24, 2.45) is 5.16 Å². The van der Waals surface area contributed by atoms with Crippen LogP contribution in [0.3, 0.4) is 0 Å². The Balaban J connectivity index is 1.19. The molecule has 0 bridgehead atoms. The number of anilines is 1. The van der Waals surface area contributed by atoms with Crippen molar-refractivity contribution in [1.82, 2.24) is 19.7 Å². The Hall–Kier alpha value is -4.64. The topological polar surface area (TPSA) is 92.9 Å². The van der Waals surface area contributed by atoms with E-state index in [1.807, 2.05) is 18.2 Å². The number of Topliss-reactive ketones (excluding diaryl/α,β-unsaturated/α-hetero) is 1. The number of carbonyl (C=O) groups excluding carboxylic acids is 2. The van der Waals surface area contributed by atoms with Crippen molar-refractivity contribution < 1.29 is 23.2 Å². The van der Waals surface area contributed by atoms with E-state index in [-0.39, 0.29) is 47.4 Å². The third kappa shape index (κ3) is 5.77. The molecule has 0 aliphatic carbocycles. The van der Waals surface area contributed by atoms with E-state index < -0.39 is 29.7 Å². The summed E-state index contributed by atoms with van der Waals surface area (Å²) in [6.07, 6.45) is -0.477. The Labute approximate surface area is 275 Å². The van der Waals surface area contributed by atoms with Crippen molar-refractivity contribution in [3.63, 3.8) is 0 Å². The minimum Gasteiger partial charge on any atom is -0.382 e. The number of aromatic nitrogens is 3. The minimum atomic E-state index is -1.03. The Morgan fingerprint density at radius 3 is 2.57 bits per heavy atom. The number of nitrogens with zero attached hydrogens (tertiary/aromatic N) is 6. The van der Waals surface area contributed by atoms with Gasteiger partial charge in [-0.25, -0.2) is 8.78 Å². The highest BCUT2D eigenvalue weighted by atomic mass is 35.5. The van der Waals surface area contributed by atoms with Crippen LogP contribution in [0.4, 0.5) is 14.5 Å². The molecular formula is C35H33ClF2N6O3. The van der Waals surface area contributed by atoms with Crippen molar-refractivity contribution in [1.29, 1.82) is 0 Å². The number of fused-ring (bicyclic) bond motifs is 2. The number of hydrogen-bond acceptors (Lipinski definition) is 7. The summed E-state index contributed by atoms with van der Waals surface area (Å²) in [6, 6.07) is 15.3. The summed E-state index contributed by atoms with van der Waals surface area (Å²) in [5, 5.41) is 12.9. The number of halogens is 3. The van der Waals surface area contributed by atoms with Gasteiger partial charge in [0.2, 0.25) is 6.10 Å². The molecule has 1 aromatic heterocycles. The molecule has 3 aliphatic heterocycles. The van der Waals surface area contributed by atoms with Crippen LogP contribution in [0.2, 0.25) is 5.02 Å².